The Morgan fingerprint density at radius 2 is 2.54 bits per heavy atom. The van der Waals surface area contributed by atoms with E-state index in [1.54, 1.807) is 0 Å². The lowest BCUT2D eigenvalue weighted by Crippen LogP contribution is -2.37. The van der Waals surface area contributed by atoms with Crippen molar-refractivity contribution in [2.24, 2.45) is 11.7 Å². The molecule has 0 bridgehead atoms. The first-order valence-corrected chi connectivity index (χ1v) is 5.76. The first kappa shape index (κ1) is 9.19. The fraction of sp³-hybridized carbons (Fsp3) is 0.600. The fourth-order valence-electron chi connectivity index (χ4n) is 2.01. The van der Waals surface area contributed by atoms with Crippen LogP contribution in [0.4, 0.5) is 0 Å². The van der Waals surface area contributed by atoms with Crippen molar-refractivity contribution in [1.82, 2.24) is 5.32 Å². The Hall–Kier alpha value is -0.380. The molecule has 1 saturated heterocycles. The van der Waals surface area contributed by atoms with Crippen LogP contribution in [0.3, 0.4) is 0 Å². The van der Waals surface area contributed by atoms with E-state index in [2.05, 4.69) is 22.8 Å². The van der Waals surface area contributed by atoms with Crippen LogP contribution in [0.1, 0.15) is 23.8 Å². The molecule has 0 saturated carbocycles. The van der Waals surface area contributed by atoms with Crippen LogP contribution in [0.25, 0.3) is 0 Å². The summed E-state index contributed by atoms with van der Waals surface area (Å²) in [7, 11) is 0. The Morgan fingerprint density at radius 1 is 1.62 bits per heavy atom. The van der Waals surface area contributed by atoms with Crippen LogP contribution < -0.4 is 11.1 Å². The van der Waals surface area contributed by atoms with Gasteiger partial charge in [0.1, 0.15) is 0 Å². The Balaban J connectivity index is 2.11. The molecule has 3 N–H and O–H groups in total. The molecule has 1 aliphatic heterocycles. The Morgan fingerprint density at radius 3 is 3.23 bits per heavy atom. The van der Waals surface area contributed by atoms with Crippen LogP contribution in [0, 0.1) is 5.92 Å². The number of rotatable bonds is 2. The predicted octanol–water partition coefficient (Wildman–Crippen LogP) is 1.75. The van der Waals surface area contributed by atoms with E-state index in [0.29, 0.717) is 12.0 Å². The van der Waals surface area contributed by atoms with E-state index >= 15 is 0 Å². The largest absolute Gasteiger partial charge is 0.330 e. The monoisotopic (exact) mass is 196 g/mol. The summed E-state index contributed by atoms with van der Waals surface area (Å²) in [4.78, 5) is 1.44. The Kier molecular flexibility index (Phi) is 2.98. The molecule has 2 rings (SSSR count). The highest BCUT2D eigenvalue weighted by Gasteiger charge is 2.25. The number of piperidine rings is 1. The number of hydrogen-bond acceptors (Lipinski definition) is 3. The van der Waals surface area contributed by atoms with Crippen molar-refractivity contribution >= 4 is 11.3 Å². The molecule has 72 valence electrons. The van der Waals surface area contributed by atoms with Crippen molar-refractivity contribution in [3.8, 4) is 0 Å². The molecule has 0 amide bonds. The maximum atomic E-state index is 5.76. The third-order valence-electron chi connectivity index (χ3n) is 2.74. The second-order valence-corrected chi connectivity index (χ2v) is 4.56. The van der Waals surface area contributed by atoms with Gasteiger partial charge in [0.15, 0.2) is 0 Å². The molecule has 1 aliphatic rings. The molecule has 1 aromatic rings. The van der Waals surface area contributed by atoms with Gasteiger partial charge in [0, 0.05) is 10.9 Å². The van der Waals surface area contributed by atoms with Crippen LogP contribution in [-0.2, 0) is 0 Å². The smallest absolute Gasteiger partial charge is 0.0455 e. The van der Waals surface area contributed by atoms with E-state index in [9.17, 15) is 0 Å². The summed E-state index contributed by atoms with van der Waals surface area (Å²) in [6.45, 7) is 1.94. The maximum Gasteiger partial charge on any atom is 0.0455 e. The summed E-state index contributed by atoms with van der Waals surface area (Å²) in [5, 5.41) is 5.69. The van der Waals surface area contributed by atoms with Gasteiger partial charge in [0.05, 0.1) is 0 Å². The summed E-state index contributed by atoms with van der Waals surface area (Å²) in [5.74, 6) is 0.632. The molecule has 2 nitrogen and oxygen atoms in total. The van der Waals surface area contributed by atoms with Gasteiger partial charge in [0.2, 0.25) is 0 Å². The number of nitrogens with two attached hydrogens (primary N) is 1. The molecule has 0 spiro atoms. The standard InChI is InChI=1S/C10H16N2S/c11-7-8-3-1-5-12-10(8)9-4-2-6-13-9/h2,4,6,8,10,12H,1,3,5,7,11H2/t8-,10+/m1/s1. The van der Waals surface area contributed by atoms with Crippen molar-refractivity contribution in [3.05, 3.63) is 22.4 Å². The predicted molar refractivity (Wildman–Crippen MR) is 56.8 cm³/mol. The van der Waals surface area contributed by atoms with Crippen LogP contribution >= 0.6 is 11.3 Å². The van der Waals surface area contributed by atoms with Gasteiger partial charge in [-0.25, -0.2) is 0 Å². The lowest BCUT2D eigenvalue weighted by Gasteiger charge is -2.31. The minimum absolute atomic E-state index is 0.513. The second kappa shape index (κ2) is 4.22. The average Bonchev–Trinajstić information content (AvgIpc) is 2.70. The van der Waals surface area contributed by atoms with Crippen molar-refractivity contribution in [2.45, 2.75) is 18.9 Å². The minimum Gasteiger partial charge on any atom is -0.330 e. The molecule has 2 atom stereocenters. The lowest BCUT2D eigenvalue weighted by molar-refractivity contribution is 0.295. The number of hydrogen-bond donors (Lipinski definition) is 2. The normalized spacial score (nSPS) is 29.0. The summed E-state index contributed by atoms with van der Waals surface area (Å²) in [6.07, 6.45) is 2.54. The lowest BCUT2D eigenvalue weighted by atomic mass is 9.90. The highest BCUT2D eigenvalue weighted by atomic mass is 32.1. The number of nitrogens with one attached hydrogen (secondary N) is 1. The third-order valence-corrected chi connectivity index (χ3v) is 3.70. The van der Waals surface area contributed by atoms with Crippen molar-refractivity contribution in [3.63, 3.8) is 0 Å². The summed E-state index contributed by atoms with van der Waals surface area (Å²) in [5.41, 5.74) is 5.76. The first-order valence-electron chi connectivity index (χ1n) is 4.88. The van der Waals surface area contributed by atoms with E-state index in [0.717, 1.165) is 13.1 Å². The van der Waals surface area contributed by atoms with Gasteiger partial charge in [-0.1, -0.05) is 6.07 Å². The van der Waals surface area contributed by atoms with Gasteiger partial charge in [-0.05, 0) is 43.3 Å². The fourth-order valence-corrected chi connectivity index (χ4v) is 2.90. The van der Waals surface area contributed by atoms with Gasteiger partial charge < -0.3 is 11.1 Å². The van der Waals surface area contributed by atoms with Gasteiger partial charge in [-0.2, -0.15) is 0 Å². The van der Waals surface area contributed by atoms with E-state index in [4.69, 9.17) is 5.73 Å². The van der Waals surface area contributed by atoms with Crippen molar-refractivity contribution < 1.29 is 0 Å². The van der Waals surface area contributed by atoms with Gasteiger partial charge in [0.25, 0.3) is 0 Å². The first-order chi connectivity index (χ1) is 6.42. The van der Waals surface area contributed by atoms with Gasteiger partial charge in [-0.15, -0.1) is 11.3 Å². The van der Waals surface area contributed by atoms with Crippen LogP contribution in [-0.4, -0.2) is 13.1 Å². The molecule has 1 aromatic heterocycles. The highest BCUT2D eigenvalue weighted by molar-refractivity contribution is 7.10. The number of thiophene rings is 1. The molecule has 0 radical (unpaired) electrons. The molecule has 2 heterocycles. The van der Waals surface area contributed by atoms with E-state index < -0.39 is 0 Å². The topological polar surface area (TPSA) is 38.0 Å². The summed E-state index contributed by atoms with van der Waals surface area (Å²) >= 11 is 1.83. The van der Waals surface area contributed by atoms with E-state index in [-0.39, 0.29) is 0 Å². The molecule has 0 aromatic carbocycles. The quantitative estimate of drug-likeness (QED) is 0.756. The van der Waals surface area contributed by atoms with Crippen molar-refractivity contribution in [1.29, 1.82) is 0 Å². The Labute approximate surface area is 83.1 Å². The SMILES string of the molecule is NC[C@H]1CCCN[C@@H]1c1cccs1. The molecule has 0 aliphatic carbocycles. The highest BCUT2D eigenvalue weighted by Crippen LogP contribution is 2.30. The molecular formula is C10H16N2S. The molecule has 3 heteroatoms. The third kappa shape index (κ3) is 1.93. The zero-order chi connectivity index (χ0) is 9.10. The van der Waals surface area contributed by atoms with Crippen LogP contribution in [0.5, 0.6) is 0 Å². The minimum atomic E-state index is 0.513. The zero-order valence-electron chi connectivity index (χ0n) is 7.70. The van der Waals surface area contributed by atoms with Gasteiger partial charge in [-0.3, -0.25) is 0 Å². The van der Waals surface area contributed by atoms with E-state index in [1.807, 2.05) is 11.3 Å². The van der Waals surface area contributed by atoms with Crippen molar-refractivity contribution in [2.75, 3.05) is 13.1 Å². The average molecular weight is 196 g/mol. The maximum absolute atomic E-state index is 5.76. The second-order valence-electron chi connectivity index (χ2n) is 3.59. The van der Waals surface area contributed by atoms with E-state index in [1.165, 1.54) is 17.7 Å². The zero-order valence-corrected chi connectivity index (χ0v) is 8.52. The Bertz CT molecular complexity index is 245. The van der Waals surface area contributed by atoms with Crippen LogP contribution in [0.15, 0.2) is 17.5 Å². The summed E-state index contributed by atoms with van der Waals surface area (Å²) in [6, 6.07) is 4.83. The molecule has 0 unspecified atom stereocenters. The molecular weight excluding hydrogens is 180 g/mol. The van der Waals surface area contributed by atoms with Gasteiger partial charge >= 0.3 is 0 Å². The molecule has 13 heavy (non-hydrogen) atoms. The molecule has 1 fully saturated rings. The van der Waals surface area contributed by atoms with Crippen LogP contribution in [0.2, 0.25) is 0 Å². The summed E-state index contributed by atoms with van der Waals surface area (Å²) < 4.78 is 0.